The third kappa shape index (κ3) is 8.14. The highest BCUT2D eigenvalue weighted by Crippen LogP contribution is 2.11. The molecule has 28 heavy (non-hydrogen) atoms. The van der Waals surface area contributed by atoms with Crippen LogP contribution in [-0.2, 0) is 16.0 Å². The fraction of sp³-hybridized carbons (Fsp3) is 0.600. The van der Waals surface area contributed by atoms with Gasteiger partial charge in [0.05, 0.1) is 20.3 Å². The summed E-state index contributed by atoms with van der Waals surface area (Å²) in [7, 11) is 5.14. The lowest BCUT2D eigenvalue weighted by molar-refractivity contribution is -0.127. The van der Waals surface area contributed by atoms with Gasteiger partial charge >= 0.3 is 0 Å². The summed E-state index contributed by atoms with van der Waals surface area (Å²) in [6.45, 7) is 6.04. The molecule has 1 aliphatic rings. The number of morpholine rings is 1. The van der Waals surface area contributed by atoms with Crippen LogP contribution in [0.15, 0.2) is 29.3 Å². The van der Waals surface area contributed by atoms with Gasteiger partial charge in [-0.05, 0) is 24.1 Å². The molecule has 8 heteroatoms. The molecule has 2 N–H and O–H groups in total. The van der Waals surface area contributed by atoms with E-state index in [0.29, 0.717) is 5.96 Å². The van der Waals surface area contributed by atoms with Crippen molar-refractivity contribution in [3.05, 3.63) is 29.8 Å². The predicted molar refractivity (Wildman–Crippen MR) is 111 cm³/mol. The van der Waals surface area contributed by atoms with Crippen LogP contribution in [0.4, 0.5) is 0 Å². The molecule has 0 radical (unpaired) electrons. The Hall–Kier alpha value is -2.32. The van der Waals surface area contributed by atoms with Gasteiger partial charge in [-0.15, -0.1) is 0 Å². The molecule has 2 rings (SSSR count). The third-order valence-electron chi connectivity index (χ3n) is 4.56. The number of carbonyl (C=O) groups is 1. The number of hydrogen-bond acceptors (Lipinski definition) is 5. The highest BCUT2D eigenvalue weighted by atomic mass is 16.5. The van der Waals surface area contributed by atoms with E-state index in [2.05, 4.69) is 32.7 Å². The summed E-state index contributed by atoms with van der Waals surface area (Å²) in [6.07, 6.45) is 0.857. The minimum Gasteiger partial charge on any atom is -0.497 e. The van der Waals surface area contributed by atoms with Crippen molar-refractivity contribution in [2.24, 2.45) is 4.99 Å². The monoisotopic (exact) mass is 391 g/mol. The summed E-state index contributed by atoms with van der Waals surface area (Å²) >= 11 is 0. The standard InChI is InChI=1S/C20H33N5O3/c1-24(2)19(26)16-23-20(22-10-11-25-12-14-28-15-13-25)21-9-8-17-4-6-18(27-3)7-5-17/h4-7H,8-16H2,1-3H3,(H2,21,22,23). The zero-order valence-electron chi connectivity index (χ0n) is 17.2. The van der Waals surface area contributed by atoms with Gasteiger partial charge in [0.2, 0.25) is 5.91 Å². The molecular weight excluding hydrogens is 358 g/mol. The van der Waals surface area contributed by atoms with E-state index in [1.807, 2.05) is 12.1 Å². The summed E-state index contributed by atoms with van der Waals surface area (Å²) < 4.78 is 10.6. The maximum absolute atomic E-state index is 11.9. The summed E-state index contributed by atoms with van der Waals surface area (Å²) in [5.74, 6) is 1.49. The first-order valence-electron chi connectivity index (χ1n) is 9.74. The highest BCUT2D eigenvalue weighted by molar-refractivity contribution is 5.84. The van der Waals surface area contributed by atoms with E-state index in [4.69, 9.17) is 9.47 Å². The average Bonchev–Trinajstić information content (AvgIpc) is 2.72. The molecule has 156 valence electrons. The summed E-state index contributed by atoms with van der Waals surface area (Å²) in [6, 6.07) is 8.03. The zero-order valence-corrected chi connectivity index (χ0v) is 17.2. The molecule has 0 atom stereocenters. The van der Waals surface area contributed by atoms with Crippen LogP contribution in [0.25, 0.3) is 0 Å². The Morgan fingerprint density at radius 1 is 1.18 bits per heavy atom. The maximum atomic E-state index is 11.9. The SMILES string of the molecule is COc1ccc(CCNC(=NCC(=O)N(C)C)NCCN2CCOCC2)cc1. The second-order valence-corrected chi connectivity index (χ2v) is 6.86. The molecule has 0 aliphatic carbocycles. The fourth-order valence-electron chi connectivity index (χ4n) is 2.74. The molecule has 0 unspecified atom stereocenters. The van der Waals surface area contributed by atoms with Crippen LogP contribution in [0.1, 0.15) is 5.56 Å². The number of carbonyl (C=O) groups excluding carboxylic acids is 1. The molecule has 0 spiro atoms. The molecule has 1 aliphatic heterocycles. The van der Waals surface area contributed by atoms with Crippen molar-refractivity contribution in [2.75, 3.05) is 73.7 Å². The van der Waals surface area contributed by atoms with Crippen LogP contribution < -0.4 is 15.4 Å². The van der Waals surface area contributed by atoms with E-state index >= 15 is 0 Å². The normalized spacial score (nSPS) is 15.2. The minimum absolute atomic E-state index is 0.0237. The summed E-state index contributed by atoms with van der Waals surface area (Å²) in [4.78, 5) is 20.2. The number of amides is 1. The van der Waals surface area contributed by atoms with Gasteiger partial charge in [0, 0.05) is 46.8 Å². The lowest BCUT2D eigenvalue weighted by Gasteiger charge is -2.26. The number of methoxy groups -OCH3 is 1. The molecule has 1 aromatic carbocycles. The van der Waals surface area contributed by atoms with Crippen molar-refractivity contribution >= 4 is 11.9 Å². The van der Waals surface area contributed by atoms with Crippen LogP contribution in [0, 0.1) is 0 Å². The van der Waals surface area contributed by atoms with Crippen molar-refractivity contribution in [3.63, 3.8) is 0 Å². The Morgan fingerprint density at radius 2 is 1.86 bits per heavy atom. The van der Waals surface area contributed by atoms with Crippen LogP contribution in [0.3, 0.4) is 0 Å². The van der Waals surface area contributed by atoms with Crippen LogP contribution in [0.2, 0.25) is 0 Å². The molecule has 1 heterocycles. The van der Waals surface area contributed by atoms with Crippen LogP contribution in [0.5, 0.6) is 5.75 Å². The molecule has 1 saturated heterocycles. The van der Waals surface area contributed by atoms with Gasteiger partial charge < -0.3 is 25.0 Å². The van der Waals surface area contributed by atoms with Crippen molar-refractivity contribution in [2.45, 2.75) is 6.42 Å². The minimum atomic E-state index is -0.0237. The van der Waals surface area contributed by atoms with E-state index in [1.54, 1.807) is 26.1 Å². The largest absolute Gasteiger partial charge is 0.497 e. The number of nitrogens with one attached hydrogen (secondary N) is 2. The molecule has 0 saturated carbocycles. The van der Waals surface area contributed by atoms with E-state index in [0.717, 1.165) is 58.1 Å². The number of hydrogen-bond donors (Lipinski definition) is 2. The third-order valence-corrected chi connectivity index (χ3v) is 4.56. The van der Waals surface area contributed by atoms with Gasteiger partial charge in [0.1, 0.15) is 12.3 Å². The van der Waals surface area contributed by atoms with E-state index < -0.39 is 0 Å². The van der Waals surface area contributed by atoms with E-state index in [-0.39, 0.29) is 12.5 Å². The lowest BCUT2D eigenvalue weighted by atomic mass is 10.1. The van der Waals surface area contributed by atoms with Crippen molar-refractivity contribution < 1.29 is 14.3 Å². The Morgan fingerprint density at radius 3 is 2.50 bits per heavy atom. The molecular formula is C20H33N5O3. The van der Waals surface area contributed by atoms with E-state index in [1.165, 1.54) is 5.56 Å². The number of guanidine groups is 1. The second-order valence-electron chi connectivity index (χ2n) is 6.86. The highest BCUT2D eigenvalue weighted by Gasteiger charge is 2.10. The summed E-state index contributed by atoms with van der Waals surface area (Å²) in [5.41, 5.74) is 1.21. The van der Waals surface area contributed by atoms with Crippen molar-refractivity contribution in [3.8, 4) is 5.75 Å². The number of benzene rings is 1. The number of rotatable bonds is 9. The fourth-order valence-corrected chi connectivity index (χ4v) is 2.74. The second kappa shape index (κ2) is 12.2. The van der Waals surface area contributed by atoms with Gasteiger partial charge in [-0.1, -0.05) is 12.1 Å². The number of nitrogens with zero attached hydrogens (tertiary/aromatic N) is 3. The molecule has 8 nitrogen and oxygen atoms in total. The Balaban J connectivity index is 1.81. The molecule has 0 bridgehead atoms. The van der Waals surface area contributed by atoms with Crippen LogP contribution in [-0.4, -0.2) is 95.4 Å². The van der Waals surface area contributed by atoms with Crippen LogP contribution >= 0.6 is 0 Å². The predicted octanol–water partition coefficient (Wildman–Crippen LogP) is 0.193. The number of ether oxygens (including phenoxy) is 2. The first kappa shape index (κ1) is 22.0. The number of aliphatic imine (C=N–C) groups is 1. The van der Waals surface area contributed by atoms with Gasteiger partial charge in [-0.2, -0.15) is 0 Å². The first-order valence-corrected chi connectivity index (χ1v) is 9.74. The van der Waals surface area contributed by atoms with Crippen molar-refractivity contribution in [1.29, 1.82) is 0 Å². The topological polar surface area (TPSA) is 78.4 Å². The van der Waals surface area contributed by atoms with Gasteiger partial charge in [-0.25, -0.2) is 4.99 Å². The van der Waals surface area contributed by atoms with Crippen molar-refractivity contribution in [1.82, 2.24) is 20.4 Å². The lowest BCUT2D eigenvalue weighted by Crippen LogP contribution is -2.45. The zero-order chi connectivity index (χ0) is 20.2. The number of likely N-dealkylation sites (N-methyl/N-ethyl adjacent to an activating group) is 1. The first-order chi connectivity index (χ1) is 13.6. The van der Waals surface area contributed by atoms with Gasteiger partial charge in [0.15, 0.2) is 5.96 Å². The smallest absolute Gasteiger partial charge is 0.243 e. The molecule has 0 aromatic heterocycles. The van der Waals surface area contributed by atoms with Gasteiger partial charge in [0.25, 0.3) is 0 Å². The average molecular weight is 392 g/mol. The quantitative estimate of drug-likeness (QED) is 0.462. The Labute approximate surface area is 167 Å². The Bertz CT molecular complexity index is 613. The maximum Gasteiger partial charge on any atom is 0.243 e. The Kier molecular flexibility index (Phi) is 9.57. The van der Waals surface area contributed by atoms with Gasteiger partial charge in [-0.3, -0.25) is 9.69 Å². The molecule has 1 amide bonds. The van der Waals surface area contributed by atoms with E-state index in [9.17, 15) is 4.79 Å². The molecule has 1 fully saturated rings. The molecule has 1 aromatic rings. The summed E-state index contributed by atoms with van der Waals surface area (Å²) in [5, 5.41) is 6.65.